The van der Waals surface area contributed by atoms with E-state index in [4.69, 9.17) is 10.5 Å². The maximum atomic E-state index is 10.0. The topological polar surface area (TPSA) is 67.5 Å². The van der Waals surface area contributed by atoms with Crippen molar-refractivity contribution in [1.29, 1.82) is 0 Å². The number of methoxy groups -OCH3 is 1. The van der Waals surface area contributed by atoms with E-state index < -0.39 is 5.54 Å². The number of piperidine rings is 1. The maximum Gasteiger partial charge on any atom is 0.115 e. The predicted octanol–water partition coefficient (Wildman–Crippen LogP) is 5.51. The van der Waals surface area contributed by atoms with E-state index in [0.717, 1.165) is 53.0 Å². The van der Waals surface area contributed by atoms with E-state index >= 15 is 0 Å². The van der Waals surface area contributed by atoms with Gasteiger partial charge in [-0.15, -0.1) is 21.9 Å². The van der Waals surface area contributed by atoms with Crippen LogP contribution in [0.4, 0.5) is 0 Å². The lowest BCUT2D eigenvalue weighted by atomic mass is 9.67. The van der Waals surface area contributed by atoms with Crippen molar-refractivity contribution in [2.45, 2.75) is 48.6 Å². The highest BCUT2D eigenvalue weighted by Gasteiger charge is 2.43. The number of nitrogens with two attached hydrogens (primary N) is 1. The summed E-state index contributed by atoms with van der Waals surface area (Å²) in [5, 5.41) is 14.9. The number of rotatable bonds is 8. The molecule has 4 rings (SSSR count). The molecule has 4 atom stereocenters. The molecule has 3 aromatic rings. The first kappa shape index (κ1) is 27.5. The minimum absolute atomic E-state index is 0.192. The molecule has 3 aromatic carbocycles. The van der Waals surface area contributed by atoms with Crippen LogP contribution in [0.2, 0.25) is 0 Å². The number of thiol groups is 1. The lowest BCUT2D eigenvalue weighted by Gasteiger charge is -2.45. The van der Waals surface area contributed by atoms with E-state index in [-0.39, 0.29) is 17.7 Å². The fourth-order valence-electron chi connectivity index (χ4n) is 5.37. The van der Waals surface area contributed by atoms with Gasteiger partial charge in [0, 0.05) is 28.0 Å². The Balaban J connectivity index is 1.79. The number of allylic oxidation sites excluding steroid dienone is 1. The Morgan fingerprint density at radius 1 is 1.22 bits per heavy atom. The van der Waals surface area contributed by atoms with Gasteiger partial charge in [0.15, 0.2) is 0 Å². The molecule has 4 N–H and O–H groups in total. The summed E-state index contributed by atoms with van der Waals surface area (Å²) in [6, 6.07) is 22.3. The maximum absolute atomic E-state index is 10.0. The molecule has 0 radical (unpaired) electrons. The first-order valence-electron chi connectivity index (χ1n) is 12.6. The smallest absolute Gasteiger partial charge is 0.115 e. The minimum atomic E-state index is -0.562. The number of aryl methyl sites for hydroxylation is 1. The number of phenols is 1. The van der Waals surface area contributed by atoms with Gasteiger partial charge in [0.25, 0.3) is 0 Å². The molecule has 4 nitrogen and oxygen atoms in total. The molecule has 37 heavy (non-hydrogen) atoms. The standard InChI is InChI=1S/C31H37N2O2PS/c1-20-4-13-28(37)17-24(20)18-29(21(2)35-3)30(23-7-9-26(34)10-8-23)31(32)14-15-33-25(19-31)16-22-5-11-27(36)12-6-22/h4-13,17-18,25,30,33-34,37H,2,14-16,19,32,36H2,1,3H3/b29-18+. The Bertz CT molecular complexity index is 1270. The molecule has 0 amide bonds. The molecule has 1 aliphatic rings. The summed E-state index contributed by atoms with van der Waals surface area (Å²) >= 11 is 4.57. The van der Waals surface area contributed by atoms with Crippen LogP contribution in [-0.4, -0.2) is 30.3 Å². The molecule has 1 heterocycles. The second-order valence-corrected chi connectivity index (χ2v) is 11.3. The van der Waals surface area contributed by atoms with Crippen LogP contribution in [0.25, 0.3) is 6.08 Å². The lowest BCUT2D eigenvalue weighted by Crippen LogP contribution is -2.57. The number of benzene rings is 3. The van der Waals surface area contributed by atoms with Crippen molar-refractivity contribution in [2.75, 3.05) is 13.7 Å². The van der Waals surface area contributed by atoms with E-state index in [1.807, 2.05) is 18.2 Å². The summed E-state index contributed by atoms with van der Waals surface area (Å²) < 4.78 is 5.75. The van der Waals surface area contributed by atoms with Gasteiger partial charge in [0.2, 0.25) is 0 Å². The fourth-order valence-corrected chi connectivity index (χ4v) is 5.77. The fraction of sp³-hybridized carbons (Fsp3) is 0.290. The number of ether oxygens (including phenoxy) is 1. The average Bonchev–Trinajstić information content (AvgIpc) is 2.87. The van der Waals surface area contributed by atoms with Crippen LogP contribution in [0, 0.1) is 6.92 Å². The summed E-state index contributed by atoms with van der Waals surface area (Å²) in [6.45, 7) is 7.17. The molecule has 0 spiro atoms. The summed E-state index contributed by atoms with van der Waals surface area (Å²) in [4.78, 5) is 0.890. The zero-order valence-corrected chi connectivity index (χ0v) is 23.6. The number of hydrogen-bond donors (Lipinski definition) is 4. The molecule has 0 bridgehead atoms. The highest BCUT2D eigenvalue weighted by Crippen LogP contribution is 2.44. The highest BCUT2D eigenvalue weighted by atomic mass is 32.1. The Hall–Kier alpha value is -2.56. The second-order valence-electron chi connectivity index (χ2n) is 10.1. The normalized spacial score (nSPS) is 20.9. The first-order chi connectivity index (χ1) is 17.7. The van der Waals surface area contributed by atoms with Gasteiger partial charge in [-0.3, -0.25) is 0 Å². The van der Waals surface area contributed by atoms with Crippen LogP contribution in [0.15, 0.2) is 89.5 Å². The zero-order chi connectivity index (χ0) is 26.6. The molecular weight excluding hydrogens is 495 g/mol. The van der Waals surface area contributed by atoms with Gasteiger partial charge in [-0.2, -0.15) is 0 Å². The van der Waals surface area contributed by atoms with E-state index in [1.165, 1.54) is 10.9 Å². The van der Waals surface area contributed by atoms with Crippen LogP contribution in [0.5, 0.6) is 5.75 Å². The van der Waals surface area contributed by atoms with Gasteiger partial charge in [-0.05, 0) is 90.6 Å². The second kappa shape index (κ2) is 11.9. The molecule has 6 heteroatoms. The van der Waals surface area contributed by atoms with E-state index in [9.17, 15) is 5.11 Å². The quantitative estimate of drug-likeness (QED) is 0.134. The number of hydrogen-bond acceptors (Lipinski definition) is 5. The number of phenolic OH excluding ortho intramolecular Hbond substituents is 1. The Labute approximate surface area is 228 Å². The van der Waals surface area contributed by atoms with Crippen molar-refractivity contribution < 1.29 is 9.84 Å². The minimum Gasteiger partial charge on any atom is -0.508 e. The van der Waals surface area contributed by atoms with Gasteiger partial charge in [0.1, 0.15) is 11.5 Å². The van der Waals surface area contributed by atoms with Crippen LogP contribution in [0.1, 0.15) is 41.0 Å². The highest BCUT2D eigenvalue weighted by molar-refractivity contribution is 7.80. The number of nitrogens with one attached hydrogen (secondary N) is 1. The van der Waals surface area contributed by atoms with Crippen molar-refractivity contribution in [3.8, 4) is 5.75 Å². The van der Waals surface area contributed by atoms with Crippen molar-refractivity contribution in [1.82, 2.24) is 5.32 Å². The Kier molecular flexibility index (Phi) is 8.82. The third kappa shape index (κ3) is 6.66. The summed E-state index contributed by atoms with van der Waals surface area (Å²) in [5.41, 5.74) is 12.3. The molecule has 1 saturated heterocycles. The van der Waals surface area contributed by atoms with E-state index in [0.29, 0.717) is 5.76 Å². The SMILES string of the molecule is C=C(OC)/C(=C\c1cc(S)ccc1C)C(c1ccc(O)cc1)C1(N)CCNC(Cc2ccc(P)cc2)C1. The van der Waals surface area contributed by atoms with Gasteiger partial charge < -0.3 is 20.9 Å². The summed E-state index contributed by atoms with van der Waals surface area (Å²) in [7, 11) is 4.39. The molecule has 194 valence electrons. The van der Waals surface area contributed by atoms with Gasteiger partial charge in [-0.25, -0.2) is 0 Å². The molecule has 0 aromatic heterocycles. The molecule has 0 aliphatic carbocycles. The Morgan fingerprint density at radius 3 is 2.59 bits per heavy atom. The van der Waals surface area contributed by atoms with Gasteiger partial charge in [-0.1, -0.05) is 49.0 Å². The van der Waals surface area contributed by atoms with Crippen molar-refractivity contribution in [3.63, 3.8) is 0 Å². The van der Waals surface area contributed by atoms with Crippen LogP contribution < -0.4 is 16.4 Å². The van der Waals surface area contributed by atoms with Crippen molar-refractivity contribution in [2.24, 2.45) is 5.73 Å². The van der Waals surface area contributed by atoms with Crippen molar-refractivity contribution >= 4 is 33.2 Å². The third-order valence-electron chi connectivity index (χ3n) is 7.37. The largest absolute Gasteiger partial charge is 0.508 e. The van der Waals surface area contributed by atoms with Crippen LogP contribution in [-0.2, 0) is 11.2 Å². The zero-order valence-electron chi connectivity index (χ0n) is 21.6. The average molecular weight is 533 g/mol. The number of aromatic hydroxyl groups is 1. The summed E-state index contributed by atoms with van der Waals surface area (Å²) in [6.07, 6.45) is 4.61. The molecule has 1 fully saturated rings. The van der Waals surface area contributed by atoms with Crippen LogP contribution >= 0.6 is 21.9 Å². The van der Waals surface area contributed by atoms with Gasteiger partial charge in [0.05, 0.1) is 7.11 Å². The lowest BCUT2D eigenvalue weighted by molar-refractivity contribution is 0.220. The molecular formula is C31H37N2O2PS. The Morgan fingerprint density at radius 2 is 1.92 bits per heavy atom. The monoisotopic (exact) mass is 532 g/mol. The molecule has 0 saturated carbocycles. The van der Waals surface area contributed by atoms with E-state index in [1.54, 1.807) is 19.2 Å². The van der Waals surface area contributed by atoms with Crippen LogP contribution in [0.3, 0.4) is 0 Å². The molecule has 1 aliphatic heterocycles. The first-order valence-corrected chi connectivity index (χ1v) is 13.6. The van der Waals surface area contributed by atoms with E-state index in [2.05, 4.69) is 83.2 Å². The molecule has 4 unspecified atom stereocenters. The van der Waals surface area contributed by atoms with Gasteiger partial charge >= 0.3 is 0 Å². The van der Waals surface area contributed by atoms with Crippen molar-refractivity contribution in [3.05, 3.63) is 107 Å². The summed E-state index contributed by atoms with van der Waals surface area (Å²) in [5.74, 6) is 0.615. The predicted molar refractivity (Wildman–Crippen MR) is 161 cm³/mol. The third-order valence-corrected chi connectivity index (χ3v) is 8.03.